The Morgan fingerprint density at radius 3 is 2.33 bits per heavy atom. The Balaban J connectivity index is 2.57. The second-order valence-electron chi connectivity index (χ2n) is 5.32. The minimum atomic E-state index is -0.228. The lowest BCUT2D eigenvalue weighted by Crippen LogP contribution is -2.45. The van der Waals surface area contributed by atoms with E-state index in [1.807, 2.05) is 6.92 Å². The Hall–Kier alpha value is -0.120. The van der Waals surface area contributed by atoms with E-state index in [4.69, 9.17) is 0 Å². The maximum absolute atomic E-state index is 9.51. The molecular weight excluding hydrogens is 188 g/mol. The van der Waals surface area contributed by atoms with Crippen LogP contribution in [-0.2, 0) is 0 Å². The zero-order chi connectivity index (χ0) is 11.6. The highest BCUT2D eigenvalue weighted by Gasteiger charge is 2.32. The van der Waals surface area contributed by atoms with Gasteiger partial charge in [0.25, 0.3) is 0 Å². The van der Waals surface area contributed by atoms with Crippen molar-refractivity contribution in [2.24, 2.45) is 0 Å². The van der Waals surface area contributed by atoms with Gasteiger partial charge >= 0.3 is 0 Å². The molecule has 0 spiro atoms. The summed E-state index contributed by atoms with van der Waals surface area (Å²) in [6.45, 7) is 10.5. The third kappa shape index (κ3) is 3.44. The van der Waals surface area contributed by atoms with Crippen LogP contribution in [0.5, 0.6) is 0 Å². The molecule has 1 N–H and O–H groups in total. The van der Waals surface area contributed by atoms with E-state index >= 15 is 0 Å². The van der Waals surface area contributed by atoms with E-state index in [1.54, 1.807) is 0 Å². The van der Waals surface area contributed by atoms with Gasteiger partial charge in [0, 0.05) is 31.2 Å². The van der Waals surface area contributed by atoms with Gasteiger partial charge in [-0.1, -0.05) is 0 Å². The Bertz CT molecular complexity index is 184. The molecule has 1 fully saturated rings. The predicted molar refractivity (Wildman–Crippen MR) is 64.0 cm³/mol. The minimum absolute atomic E-state index is 0.228. The number of nitrogens with zero attached hydrogens (tertiary/aromatic N) is 2. The lowest BCUT2D eigenvalue weighted by Gasteiger charge is -2.33. The molecule has 1 rings (SSSR count). The molecule has 3 atom stereocenters. The van der Waals surface area contributed by atoms with Gasteiger partial charge in [0.15, 0.2) is 0 Å². The van der Waals surface area contributed by atoms with Crippen molar-refractivity contribution in [3.63, 3.8) is 0 Å². The molecule has 3 nitrogen and oxygen atoms in total. The van der Waals surface area contributed by atoms with E-state index in [0.717, 1.165) is 13.1 Å². The van der Waals surface area contributed by atoms with Gasteiger partial charge in [0.2, 0.25) is 0 Å². The topological polar surface area (TPSA) is 26.7 Å². The Morgan fingerprint density at radius 2 is 2.00 bits per heavy atom. The van der Waals surface area contributed by atoms with Crippen molar-refractivity contribution >= 4 is 0 Å². The van der Waals surface area contributed by atoms with Crippen LogP contribution in [-0.4, -0.2) is 59.3 Å². The molecule has 90 valence electrons. The standard InChI is InChI=1S/C12H26N2O/c1-9(2)14(7-11(4)15)12-6-10(3)13(5)8-12/h9-12,15H,6-8H2,1-5H3. The number of likely N-dealkylation sites (tertiary alicyclic amines) is 1. The Kier molecular flexibility index (Phi) is 4.56. The van der Waals surface area contributed by atoms with Crippen LogP contribution < -0.4 is 0 Å². The number of hydrogen-bond donors (Lipinski definition) is 1. The number of hydrogen-bond acceptors (Lipinski definition) is 3. The van der Waals surface area contributed by atoms with E-state index in [-0.39, 0.29) is 6.10 Å². The van der Waals surface area contributed by atoms with Crippen molar-refractivity contribution in [1.29, 1.82) is 0 Å². The largest absolute Gasteiger partial charge is 0.392 e. The molecular formula is C12H26N2O. The molecule has 1 aliphatic heterocycles. The maximum Gasteiger partial charge on any atom is 0.0639 e. The van der Waals surface area contributed by atoms with Crippen molar-refractivity contribution in [1.82, 2.24) is 9.80 Å². The quantitative estimate of drug-likeness (QED) is 0.761. The van der Waals surface area contributed by atoms with Crippen LogP contribution in [0.25, 0.3) is 0 Å². The van der Waals surface area contributed by atoms with Crippen molar-refractivity contribution in [2.75, 3.05) is 20.1 Å². The molecule has 0 aromatic rings. The zero-order valence-electron chi connectivity index (χ0n) is 10.8. The first-order chi connectivity index (χ1) is 6.91. The summed E-state index contributed by atoms with van der Waals surface area (Å²) in [6, 6.07) is 1.80. The van der Waals surface area contributed by atoms with Crippen LogP contribution in [0.4, 0.5) is 0 Å². The molecule has 1 saturated heterocycles. The summed E-state index contributed by atoms with van der Waals surface area (Å²) in [5.41, 5.74) is 0. The molecule has 0 aromatic heterocycles. The number of aliphatic hydroxyl groups excluding tert-OH is 1. The van der Waals surface area contributed by atoms with E-state index in [0.29, 0.717) is 18.1 Å². The smallest absolute Gasteiger partial charge is 0.0639 e. The van der Waals surface area contributed by atoms with Gasteiger partial charge < -0.3 is 10.0 Å². The van der Waals surface area contributed by atoms with Gasteiger partial charge in [-0.2, -0.15) is 0 Å². The molecule has 15 heavy (non-hydrogen) atoms. The molecule has 1 aliphatic rings. The van der Waals surface area contributed by atoms with Crippen molar-refractivity contribution < 1.29 is 5.11 Å². The van der Waals surface area contributed by atoms with Gasteiger partial charge in [-0.25, -0.2) is 0 Å². The van der Waals surface area contributed by atoms with Crippen LogP contribution in [0.1, 0.15) is 34.1 Å². The monoisotopic (exact) mass is 214 g/mol. The van der Waals surface area contributed by atoms with Gasteiger partial charge in [-0.15, -0.1) is 0 Å². The molecule has 0 aliphatic carbocycles. The van der Waals surface area contributed by atoms with Crippen molar-refractivity contribution in [2.45, 2.75) is 58.3 Å². The highest BCUT2D eigenvalue weighted by molar-refractivity contribution is 4.88. The van der Waals surface area contributed by atoms with Crippen LogP contribution >= 0.6 is 0 Å². The fraction of sp³-hybridized carbons (Fsp3) is 1.00. The third-order valence-electron chi connectivity index (χ3n) is 3.47. The molecule has 1 heterocycles. The van der Waals surface area contributed by atoms with Gasteiger partial charge in [0.1, 0.15) is 0 Å². The molecule has 0 bridgehead atoms. The second kappa shape index (κ2) is 5.28. The zero-order valence-corrected chi connectivity index (χ0v) is 10.8. The molecule has 0 saturated carbocycles. The molecule has 0 aromatic carbocycles. The molecule has 3 unspecified atom stereocenters. The molecule has 0 radical (unpaired) electrons. The summed E-state index contributed by atoms with van der Waals surface area (Å²) >= 11 is 0. The fourth-order valence-corrected chi connectivity index (χ4v) is 2.49. The first-order valence-corrected chi connectivity index (χ1v) is 6.05. The molecule has 0 amide bonds. The highest BCUT2D eigenvalue weighted by Crippen LogP contribution is 2.22. The van der Waals surface area contributed by atoms with E-state index in [1.165, 1.54) is 6.42 Å². The van der Waals surface area contributed by atoms with Crippen LogP contribution in [0.3, 0.4) is 0 Å². The number of aliphatic hydroxyl groups is 1. The van der Waals surface area contributed by atoms with Crippen LogP contribution in [0, 0.1) is 0 Å². The lowest BCUT2D eigenvalue weighted by molar-refractivity contribution is 0.0778. The summed E-state index contributed by atoms with van der Waals surface area (Å²) < 4.78 is 0. The number of rotatable bonds is 4. The predicted octanol–water partition coefficient (Wildman–Crippen LogP) is 1.17. The average Bonchev–Trinajstić information content (AvgIpc) is 2.42. The van der Waals surface area contributed by atoms with Gasteiger partial charge in [-0.3, -0.25) is 4.90 Å². The molecule has 3 heteroatoms. The maximum atomic E-state index is 9.51. The van der Waals surface area contributed by atoms with Crippen molar-refractivity contribution in [3.05, 3.63) is 0 Å². The minimum Gasteiger partial charge on any atom is -0.392 e. The van der Waals surface area contributed by atoms with Crippen LogP contribution in [0.15, 0.2) is 0 Å². The summed E-state index contributed by atoms with van der Waals surface area (Å²) in [5, 5.41) is 9.51. The van der Waals surface area contributed by atoms with E-state index in [2.05, 4.69) is 37.6 Å². The normalized spacial score (nSPS) is 30.4. The highest BCUT2D eigenvalue weighted by atomic mass is 16.3. The first kappa shape index (κ1) is 12.9. The van der Waals surface area contributed by atoms with E-state index < -0.39 is 0 Å². The van der Waals surface area contributed by atoms with Crippen LogP contribution in [0.2, 0.25) is 0 Å². The first-order valence-electron chi connectivity index (χ1n) is 6.05. The Labute approximate surface area is 94.1 Å². The SMILES string of the molecule is CC(O)CN(C(C)C)C1CC(C)N(C)C1. The fourth-order valence-electron chi connectivity index (χ4n) is 2.49. The average molecular weight is 214 g/mol. The van der Waals surface area contributed by atoms with Gasteiger partial charge in [-0.05, 0) is 41.2 Å². The number of likely N-dealkylation sites (N-methyl/N-ethyl adjacent to an activating group) is 1. The van der Waals surface area contributed by atoms with Gasteiger partial charge in [0.05, 0.1) is 6.10 Å². The summed E-state index contributed by atoms with van der Waals surface area (Å²) in [7, 11) is 2.19. The lowest BCUT2D eigenvalue weighted by atomic mass is 10.1. The summed E-state index contributed by atoms with van der Waals surface area (Å²) in [5.74, 6) is 0. The second-order valence-corrected chi connectivity index (χ2v) is 5.32. The third-order valence-corrected chi connectivity index (χ3v) is 3.47. The summed E-state index contributed by atoms with van der Waals surface area (Å²) in [6.07, 6.45) is 0.995. The summed E-state index contributed by atoms with van der Waals surface area (Å²) in [4.78, 5) is 4.84. The Morgan fingerprint density at radius 1 is 1.40 bits per heavy atom. The van der Waals surface area contributed by atoms with E-state index in [9.17, 15) is 5.11 Å². The van der Waals surface area contributed by atoms with Crippen molar-refractivity contribution in [3.8, 4) is 0 Å².